The van der Waals surface area contributed by atoms with Crippen LogP contribution >= 0.6 is 23.5 Å². The van der Waals surface area contributed by atoms with Crippen LogP contribution in [-0.4, -0.2) is 0 Å². The maximum Gasteiger partial charge on any atom is 0.0503 e. The zero-order valence-corrected chi connectivity index (χ0v) is 15.6. The molecule has 0 fully saturated rings. The van der Waals surface area contributed by atoms with Gasteiger partial charge in [-0.3, -0.25) is 0 Å². The number of hydrogen-bond donors (Lipinski definition) is 1. The maximum absolute atomic E-state index is 6.30. The lowest BCUT2D eigenvalue weighted by molar-refractivity contribution is 1.50. The van der Waals surface area contributed by atoms with E-state index < -0.39 is 7.53 Å². The predicted octanol–water partition coefficient (Wildman–Crippen LogP) is 5.20. The first-order valence-electron chi connectivity index (χ1n) is 7.95. The lowest BCUT2D eigenvalue weighted by atomic mass is 10.1. The molecule has 0 radical (unpaired) electrons. The number of nitrogen functional groups attached to an aromatic ring is 1. The highest BCUT2D eigenvalue weighted by Crippen LogP contribution is 2.47. The molecule has 0 saturated heterocycles. The average Bonchev–Trinajstić information content (AvgIpc) is 2.75. The SMILES string of the molecule is Nc1ccccc1-c1c(Br)p(-c2ccccc2)c2c1=CC=CCC=2. The Hall–Kier alpha value is -2.02. The molecule has 1 aromatic heterocycles. The Balaban J connectivity index is 2.14. The van der Waals surface area contributed by atoms with Gasteiger partial charge in [0.25, 0.3) is 0 Å². The zero-order valence-electron chi connectivity index (χ0n) is 13.1. The molecule has 1 heterocycles. The van der Waals surface area contributed by atoms with Crippen molar-refractivity contribution in [1.29, 1.82) is 0 Å². The molecular weight excluding hydrogens is 377 g/mol. The van der Waals surface area contributed by atoms with E-state index in [1.807, 2.05) is 12.1 Å². The van der Waals surface area contributed by atoms with Gasteiger partial charge in [-0.05, 0) is 38.9 Å². The summed E-state index contributed by atoms with van der Waals surface area (Å²) in [5.74, 6) is 0. The standard InChI is InChI=1S/C21H17BrNP/c22-21-20(16-11-7-8-13-18(16)23)17-12-5-2-6-14-19(17)24(21)15-9-3-1-4-10-15/h1-5,7-14H,6,23H2. The summed E-state index contributed by atoms with van der Waals surface area (Å²) in [6.07, 6.45) is 9.92. The minimum Gasteiger partial charge on any atom is -0.398 e. The highest BCUT2D eigenvalue weighted by molar-refractivity contribution is 9.11. The van der Waals surface area contributed by atoms with Crippen molar-refractivity contribution < 1.29 is 0 Å². The summed E-state index contributed by atoms with van der Waals surface area (Å²) in [4.78, 5) is 1.42. The highest BCUT2D eigenvalue weighted by atomic mass is 79.9. The van der Waals surface area contributed by atoms with Crippen LogP contribution in [0, 0.1) is 0 Å². The third-order valence-electron chi connectivity index (χ3n) is 4.28. The van der Waals surface area contributed by atoms with Crippen molar-refractivity contribution in [3.8, 4) is 16.4 Å². The summed E-state index contributed by atoms with van der Waals surface area (Å²) in [6, 6.07) is 18.9. The van der Waals surface area contributed by atoms with E-state index in [1.165, 1.54) is 25.2 Å². The number of rotatable bonds is 2. The number of fused-ring (bicyclic) bond motifs is 1. The van der Waals surface area contributed by atoms with Crippen LogP contribution in [0.3, 0.4) is 0 Å². The fourth-order valence-electron chi connectivity index (χ4n) is 3.18. The smallest absolute Gasteiger partial charge is 0.0503 e. The Kier molecular flexibility index (Phi) is 4.18. The van der Waals surface area contributed by atoms with E-state index in [-0.39, 0.29) is 0 Å². The monoisotopic (exact) mass is 393 g/mol. The molecule has 2 aromatic carbocycles. The van der Waals surface area contributed by atoms with E-state index >= 15 is 0 Å². The number of anilines is 1. The number of benzene rings is 2. The van der Waals surface area contributed by atoms with Crippen molar-refractivity contribution in [2.75, 3.05) is 5.73 Å². The average molecular weight is 394 g/mol. The van der Waals surface area contributed by atoms with E-state index in [2.05, 4.69) is 82.7 Å². The molecule has 24 heavy (non-hydrogen) atoms. The van der Waals surface area contributed by atoms with Gasteiger partial charge in [-0.1, -0.05) is 80.4 Å². The summed E-state index contributed by atoms with van der Waals surface area (Å²) in [5.41, 5.74) is 9.46. The van der Waals surface area contributed by atoms with Crippen molar-refractivity contribution in [2.45, 2.75) is 6.42 Å². The number of allylic oxidation sites excluding steroid dienone is 2. The Morgan fingerprint density at radius 3 is 2.50 bits per heavy atom. The van der Waals surface area contributed by atoms with Crippen LogP contribution in [0.25, 0.3) is 28.6 Å². The van der Waals surface area contributed by atoms with Crippen LogP contribution in [0.1, 0.15) is 6.42 Å². The molecule has 0 aliphatic heterocycles. The van der Waals surface area contributed by atoms with Crippen LogP contribution in [0.4, 0.5) is 5.69 Å². The van der Waals surface area contributed by atoms with E-state index in [1.54, 1.807) is 0 Å². The van der Waals surface area contributed by atoms with Gasteiger partial charge in [0.15, 0.2) is 0 Å². The Morgan fingerprint density at radius 2 is 1.71 bits per heavy atom. The van der Waals surface area contributed by atoms with Gasteiger partial charge >= 0.3 is 0 Å². The zero-order chi connectivity index (χ0) is 16.5. The molecule has 0 saturated carbocycles. The normalized spacial score (nSPS) is 13.6. The van der Waals surface area contributed by atoms with Gasteiger partial charge < -0.3 is 5.73 Å². The van der Waals surface area contributed by atoms with E-state index in [0.29, 0.717) is 0 Å². The lowest BCUT2D eigenvalue weighted by Gasteiger charge is -2.06. The Labute approximate surface area is 151 Å². The summed E-state index contributed by atoms with van der Waals surface area (Å²) in [6.45, 7) is 0. The second-order valence-corrected chi connectivity index (χ2v) is 9.28. The number of hydrogen-bond acceptors (Lipinski definition) is 1. The molecule has 4 rings (SSSR count). The molecule has 2 N–H and O–H groups in total. The molecule has 0 amide bonds. The molecular formula is C21H17BrNP. The molecule has 0 bridgehead atoms. The van der Waals surface area contributed by atoms with Crippen LogP contribution < -0.4 is 15.9 Å². The molecule has 1 atom stereocenters. The largest absolute Gasteiger partial charge is 0.398 e. The third kappa shape index (κ3) is 2.56. The van der Waals surface area contributed by atoms with Crippen LogP contribution in [0.5, 0.6) is 0 Å². The molecule has 118 valence electrons. The summed E-state index contributed by atoms with van der Waals surface area (Å²) < 4.78 is 1.26. The molecule has 1 aliphatic carbocycles. The Bertz CT molecular complexity index is 1050. The second kappa shape index (κ2) is 6.47. The van der Waals surface area contributed by atoms with E-state index in [9.17, 15) is 0 Å². The van der Waals surface area contributed by atoms with Gasteiger partial charge in [0.1, 0.15) is 0 Å². The third-order valence-corrected chi connectivity index (χ3v) is 8.08. The molecule has 3 aromatic rings. The number of halogens is 1. The summed E-state index contributed by atoms with van der Waals surface area (Å²) in [5, 5.41) is 2.66. The van der Waals surface area contributed by atoms with Crippen molar-refractivity contribution in [3.05, 3.63) is 81.1 Å². The fourth-order valence-corrected chi connectivity index (χ4v) is 7.16. The molecule has 1 unspecified atom stereocenters. The van der Waals surface area contributed by atoms with Gasteiger partial charge in [0.2, 0.25) is 0 Å². The van der Waals surface area contributed by atoms with Crippen LogP contribution in [0.15, 0.2) is 71.0 Å². The molecule has 1 aliphatic rings. The quantitative estimate of drug-likeness (QED) is 0.595. The molecule has 3 heteroatoms. The van der Waals surface area contributed by atoms with E-state index in [0.717, 1.165) is 17.7 Å². The van der Waals surface area contributed by atoms with Crippen molar-refractivity contribution in [3.63, 3.8) is 0 Å². The molecule has 0 spiro atoms. The van der Waals surface area contributed by atoms with Crippen LogP contribution in [0.2, 0.25) is 0 Å². The van der Waals surface area contributed by atoms with Gasteiger partial charge in [0, 0.05) is 21.8 Å². The first kappa shape index (κ1) is 15.5. The Morgan fingerprint density at radius 1 is 0.958 bits per heavy atom. The van der Waals surface area contributed by atoms with Crippen LogP contribution in [-0.2, 0) is 0 Å². The summed E-state index contributed by atoms with van der Waals surface area (Å²) >= 11 is 3.94. The lowest BCUT2D eigenvalue weighted by Crippen LogP contribution is -2.20. The highest BCUT2D eigenvalue weighted by Gasteiger charge is 2.18. The topological polar surface area (TPSA) is 26.0 Å². The van der Waals surface area contributed by atoms with Gasteiger partial charge in [-0.2, -0.15) is 0 Å². The second-order valence-electron chi connectivity index (χ2n) is 5.76. The van der Waals surface area contributed by atoms with E-state index in [4.69, 9.17) is 5.73 Å². The first-order chi connectivity index (χ1) is 11.8. The predicted molar refractivity (Wildman–Crippen MR) is 110 cm³/mol. The first-order valence-corrected chi connectivity index (χ1v) is 10.1. The van der Waals surface area contributed by atoms with Gasteiger partial charge in [0.05, 0.1) is 4.20 Å². The molecule has 1 nitrogen and oxygen atoms in total. The van der Waals surface area contributed by atoms with Crippen molar-refractivity contribution in [2.24, 2.45) is 0 Å². The minimum absolute atomic E-state index is 0.558. The minimum atomic E-state index is -0.558. The van der Waals surface area contributed by atoms with Crippen molar-refractivity contribution in [1.82, 2.24) is 0 Å². The van der Waals surface area contributed by atoms with Crippen molar-refractivity contribution >= 4 is 41.3 Å². The number of para-hydroxylation sites is 1. The van der Waals surface area contributed by atoms with Gasteiger partial charge in [-0.15, -0.1) is 0 Å². The summed E-state index contributed by atoms with van der Waals surface area (Å²) in [7, 11) is -0.558. The fraction of sp³-hybridized carbons (Fsp3) is 0.0476. The number of nitrogens with two attached hydrogens (primary N) is 1. The maximum atomic E-state index is 6.30. The van der Waals surface area contributed by atoms with Gasteiger partial charge in [-0.25, -0.2) is 0 Å².